The minimum absolute atomic E-state index is 0.0757. The number of aliphatic hydroxyl groups is 1. The van der Waals surface area contributed by atoms with Gasteiger partial charge in [0, 0.05) is 4.47 Å². The van der Waals surface area contributed by atoms with E-state index in [2.05, 4.69) is 26.6 Å². The molecule has 3 N–H and O–H groups in total. The summed E-state index contributed by atoms with van der Waals surface area (Å²) < 4.78 is 0.992. The second-order valence-electron chi connectivity index (χ2n) is 5.35. The molecule has 1 aliphatic rings. The number of carbonyl (C=O) groups excluding carboxylic acids is 1. The number of halogens is 1. The van der Waals surface area contributed by atoms with Crippen LogP contribution in [0, 0.1) is 0 Å². The lowest BCUT2D eigenvalue weighted by Crippen LogP contribution is -2.49. The molecule has 1 aromatic carbocycles. The molecule has 0 spiro atoms. The molecule has 4 nitrogen and oxygen atoms in total. The van der Waals surface area contributed by atoms with Crippen molar-refractivity contribution in [2.24, 2.45) is 0 Å². The third-order valence-corrected chi connectivity index (χ3v) is 4.24. The van der Waals surface area contributed by atoms with Gasteiger partial charge in [-0.15, -0.1) is 0 Å². The minimum Gasteiger partial charge on any atom is -0.391 e. The van der Waals surface area contributed by atoms with Crippen molar-refractivity contribution in [2.45, 2.75) is 50.8 Å². The number of carbonyl (C=O) groups is 1. The fourth-order valence-electron chi connectivity index (χ4n) is 2.55. The zero-order valence-corrected chi connectivity index (χ0v) is 13.2. The summed E-state index contributed by atoms with van der Waals surface area (Å²) in [5.74, 6) is 0. The molecular formula is C15H21BrN2O2. The Morgan fingerprint density at radius 1 is 1.40 bits per heavy atom. The smallest absolute Gasteiger partial charge is 0.315 e. The highest BCUT2D eigenvalue weighted by atomic mass is 79.9. The van der Waals surface area contributed by atoms with E-state index in [0.29, 0.717) is 0 Å². The Kier molecular flexibility index (Phi) is 5.43. The summed E-state index contributed by atoms with van der Waals surface area (Å²) >= 11 is 3.42. The summed E-state index contributed by atoms with van der Waals surface area (Å²) in [6.45, 7) is 1.94. The van der Waals surface area contributed by atoms with Gasteiger partial charge in [-0.05, 0) is 37.5 Å². The van der Waals surface area contributed by atoms with Crippen molar-refractivity contribution in [2.75, 3.05) is 0 Å². The second kappa shape index (κ2) is 7.09. The van der Waals surface area contributed by atoms with E-state index in [0.717, 1.165) is 35.7 Å². The first-order valence-corrected chi connectivity index (χ1v) is 7.86. The van der Waals surface area contributed by atoms with E-state index in [9.17, 15) is 9.90 Å². The van der Waals surface area contributed by atoms with Gasteiger partial charge in [0.15, 0.2) is 0 Å². The lowest BCUT2D eigenvalue weighted by Gasteiger charge is -2.29. The Morgan fingerprint density at radius 3 is 2.85 bits per heavy atom. The number of benzene rings is 1. The maximum absolute atomic E-state index is 12.0. The summed E-state index contributed by atoms with van der Waals surface area (Å²) in [6, 6.07) is 7.44. The van der Waals surface area contributed by atoms with Gasteiger partial charge in [0.2, 0.25) is 0 Å². The van der Waals surface area contributed by atoms with E-state index in [-0.39, 0.29) is 18.1 Å². The van der Waals surface area contributed by atoms with Gasteiger partial charge in [0.25, 0.3) is 0 Å². The molecule has 0 saturated heterocycles. The monoisotopic (exact) mass is 340 g/mol. The van der Waals surface area contributed by atoms with Crippen LogP contribution in [0.4, 0.5) is 4.79 Å². The molecule has 0 aromatic heterocycles. The molecule has 0 aliphatic heterocycles. The zero-order valence-electron chi connectivity index (χ0n) is 11.6. The van der Waals surface area contributed by atoms with Crippen LogP contribution in [0.5, 0.6) is 0 Å². The molecule has 1 saturated carbocycles. The quantitative estimate of drug-likeness (QED) is 0.791. The van der Waals surface area contributed by atoms with E-state index in [1.807, 2.05) is 31.2 Å². The summed E-state index contributed by atoms with van der Waals surface area (Å²) in [6.07, 6.45) is 3.29. The minimum atomic E-state index is -0.421. The topological polar surface area (TPSA) is 61.4 Å². The van der Waals surface area contributed by atoms with Crippen molar-refractivity contribution in [1.82, 2.24) is 10.6 Å². The van der Waals surface area contributed by atoms with Crippen LogP contribution >= 0.6 is 15.9 Å². The number of hydrogen-bond acceptors (Lipinski definition) is 2. The highest BCUT2D eigenvalue weighted by molar-refractivity contribution is 9.10. The first-order chi connectivity index (χ1) is 9.56. The van der Waals surface area contributed by atoms with E-state index < -0.39 is 6.10 Å². The number of amides is 2. The fourth-order valence-corrected chi connectivity index (χ4v) is 2.96. The SMILES string of the molecule is CC(NC(=O)NC1CCCCC1O)c1cccc(Br)c1. The van der Waals surface area contributed by atoms with Crippen LogP contribution in [-0.4, -0.2) is 23.3 Å². The van der Waals surface area contributed by atoms with Crippen LogP contribution < -0.4 is 10.6 Å². The van der Waals surface area contributed by atoms with Gasteiger partial charge >= 0.3 is 6.03 Å². The molecule has 20 heavy (non-hydrogen) atoms. The molecule has 1 aliphatic carbocycles. The Labute approximate surface area is 128 Å². The zero-order chi connectivity index (χ0) is 14.5. The summed E-state index contributed by atoms with van der Waals surface area (Å²) in [5, 5.41) is 15.6. The molecule has 1 fully saturated rings. The van der Waals surface area contributed by atoms with Gasteiger partial charge in [0.05, 0.1) is 18.2 Å². The van der Waals surface area contributed by atoms with Crippen molar-refractivity contribution in [3.63, 3.8) is 0 Å². The maximum atomic E-state index is 12.0. The number of urea groups is 1. The van der Waals surface area contributed by atoms with Crippen LogP contribution in [0.1, 0.15) is 44.2 Å². The van der Waals surface area contributed by atoms with Crippen molar-refractivity contribution >= 4 is 22.0 Å². The molecule has 2 rings (SSSR count). The van der Waals surface area contributed by atoms with Crippen LogP contribution in [0.3, 0.4) is 0 Å². The first kappa shape index (κ1) is 15.3. The van der Waals surface area contributed by atoms with Crippen LogP contribution in [0.15, 0.2) is 28.7 Å². The van der Waals surface area contributed by atoms with E-state index in [4.69, 9.17) is 0 Å². The van der Waals surface area contributed by atoms with Crippen LogP contribution in [-0.2, 0) is 0 Å². The Hall–Kier alpha value is -1.07. The fraction of sp³-hybridized carbons (Fsp3) is 0.533. The largest absolute Gasteiger partial charge is 0.391 e. The molecule has 0 heterocycles. The maximum Gasteiger partial charge on any atom is 0.315 e. The molecule has 3 unspecified atom stereocenters. The van der Waals surface area contributed by atoms with E-state index >= 15 is 0 Å². The Morgan fingerprint density at radius 2 is 2.15 bits per heavy atom. The molecule has 2 amide bonds. The molecule has 0 bridgehead atoms. The number of hydrogen-bond donors (Lipinski definition) is 3. The van der Waals surface area contributed by atoms with Gasteiger partial charge in [-0.3, -0.25) is 0 Å². The predicted molar refractivity (Wildman–Crippen MR) is 82.5 cm³/mol. The van der Waals surface area contributed by atoms with Gasteiger partial charge in [-0.1, -0.05) is 40.9 Å². The van der Waals surface area contributed by atoms with Crippen molar-refractivity contribution in [3.8, 4) is 0 Å². The van der Waals surface area contributed by atoms with Gasteiger partial charge in [-0.2, -0.15) is 0 Å². The molecule has 110 valence electrons. The van der Waals surface area contributed by atoms with E-state index in [1.54, 1.807) is 0 Å². The molecular weight excluding hydrogens is 320 g/mol. The van der Waals surface area contributed by atoms with Gasteiger partial charge < -0.3 is 15.7 Å². The third kappa shape index (κ3) is 4.21. The standard InChI is InChI=1S/C15H21BrN2O2/c1-10(11-5-4-6-12(16)9-11)17-15(20)18-13-7-2-3-8-14(13)19/h4-6,9-10,13-14,19H,2-3,7-8H2,1H3,(H2,17,18,20). The average Bonchev–Trinajstić information content (AvgIpc) is 2.41. The lowest BCUT2D eigenvalue weighted by molar-refractivity contribution is 0.0941. The Bertz CT molecular complexity index is 467. The van der Waals surface area contributed by atoms with Crippen molar-refractivity contribution in [1.29, 1.82) is 0 Å². The molecule has 5 heteroatoms. The summed E-state index contributed by atoms with van der Waals surface area (Å²) in [4.78, 5) is 12.0. The summed E-state index contributed by atoms with van der Waals surface area (Å²) in [7, 11) is 0. The molecule has 0 radical (unpaired) electrons. The van der Waals surface area contributed by atoms with E-state index in [1.165, 1.54) is 0 Å². The third-order valence-electron chi connectivity index (χ3n) is 3.74. The average molecular weight is 341 g/mol. The number of rotatable bonds is 3. The molecule has 3 atom stereocenters. The van der Waals surface area contributed by atoms with Crippen molar-refractivity contribution < 1.29 is 9.90 Å². The summed E-state index contributed by atoms with van der Waals surface area (Å²) in [5.41, 5.74) is 1.04. The lowest BCUT2D eigenvalue weighted by atomic mass is 9.93. The first-order valence-electron chi connectivity index (χ1n) is 7.07. The highest BCUT2D eigenvalue weighted by Gasteiger charge is 2.24. The van der Waals surface area contributed by atoms with Crippen molar-refractivity contribution in [3.05, 3.63) is 34.3 Å². The molecule has 1 aromatic rings. The number of nitrogens with one attached hydrogen (secondary N) is 2. The van der Waals surface area contributed by atoms with Crippen LogP contribution in [0.2, 0.25) is 0 Å². The second-order valence-corrected chi connectivity index (χ2v) is 6.27. The van der Waals surface area contributed by atoms with Crippen LogP contribution in [0.25, 0.3) is 0 Å². The highest BCUT2D eigenvalue weighted by Crippen LogP contribution is 2.19. The van der Waals surface area contributed by atoms with Gasteiger partial charge in [0.1, 0.15) is 0 Å². The van der Waals surface area contributed by atoms with Gasteiger partial charge in [-0.25, -0.2) is 4.79 Å². The predicted octanol–water partition coefficient (Wildman–Crippen LogP) is 3.11. The Balaban J connectivity index is 1.87. The normalized spacial score (nSPS) is 23.9. The number of aliphatic hydroxyl groups excluding tert-OH is 1.